The summed E-state index contributed by atoms with van der Waals surface area (Å²) in [6.45, 7) is 5.81. The fourth-order valence-corrected chi connectivity index (χ4v) is 5.08. The van der Waals surface area contributed by atoms with Crippen LogP contribution in [0.2, 0.25) is 0 Å². The van der Waals surface area contributed by atoms with Gasteiger partial charge in [0.25, 0.3) is 0 Å². The highest BCUT2D eigenvalue weighted by molar-refractivity contribution is 7.91. The van der Waals surface area contributed by atoms with Crippen LogP contribution < -0.4 is 10.6 Å². The molecule has 0 aliphatic heterocycles. The number of thiophene rings is 1. The van der Waals surface area contributed by atoms with Gasteiger partial charge in [-0.15, -0.1) is 11.3 Å². The van der Waals surface area contributed by atoms with E-state index in [1.54, 1.807) is 30.3 Å². The molecule has 25 heavy (non-hydrogen) atoms. The number of carbonyl (C=O) groups excluding carboxylic acids is 1. The number of nitrogens with one attached hydrogen (secondary N) is 2. The van der Waals surface area contributed by atoms with Crippen molar-refractivity contribution in [1.29, 1.82) is 0 Å². The molecule has 0 saturated carbocycles. The summed E-state index contributed by atoms with van der Waals surface area (Å²) in [5, 5.41) is 6.52. The van der Waals surface area contributed by atoms with Gasteiger partial charge in [-0.05, 0) is 43.8 Å². The summed E-state index contributed by atoms with van der Waals surface area (Å²) in [6.07, 6.45) is 0.809. The van der Waals surface area contributed by atoms with Crippen molar-refractivity contribution < 1.29 is 13.2 Å². The summed E-state index contributed by atoms with van der Waals surface area (Å²) in [4.78, 5) is 13.0. The van der Waals surface area contributed by atoms with Crippen LogP contribution in [-0.4, -0.2) is 27.0 Å². The predicted octanol–water partition coefficient (Wildman–Crippen LogP) is 3.67. The van der Waals surface area contributed by atoms with Gasteiger partial charge in [-0.1, -0.05) is 30.7 Å². The molecule has 1 aromatic carbocycles. The number of urea groups is 1. The minimum absolute atomic E-state index is 0.0268. The van der Waals surface area contributed by atoms with Crippen molar-refractivity contribution in [2.75, 3.05) is 6.54 Å². The second kappa shape index (κ2) is 8.49. The third kappa shape index (κ3) is 5.06. The molecule has 1 aromatic heterocycles. The molecule has 0 spiro atoms. The Bertz CT molecular complexity index is 784. The van der Waals surface area contributed by atoms with Gasteiger partial charge in [-0.2, -0.15) is 0 Å². The maximum Gasteiger partial charge on any atom is 0.315 e. The second-order valence-corrected chi connectivity index (χ2v) is 9.14. The molecule has 2 rings (SSSR count). The number of sulfone groups is 1. The monoisotopic (exact) mass is 380 g/mol. The second-order valence-electron chi connectivity index (χ2n) is 6.03. The standard InChI is InChI=1S/C18H24N2O3S2/c1-4-14(3)20-18(21)19-12-17(16-6-5-11-24-16)25(22,23)15-9-7-13(2)8-10-15/h5-11,14,17H,4,12H2,1-3H3,(H2,19,20,21). The van der Waals surface area contributed by atoms with Crippen molar-refractivity contribution in [2.45, 2.75) is 43.4 Å². The van der Waals surface area contributed by atoms with Crippen LogP contribution in [0.5, 0.6) is 0 Å². The normalized spacial score (nSPS) is 13.9. The molecule has 0 aliphatic carbocycles. The smallest absolute Gasteiger partial charge is 0.315 e. The van der Waals surface area contributed by atoms with Gasteiger partial charge < -0.3 is 10.6 Å². The quantitative estimate of drug-likeness (QED) is 0.769. The van der Waals surface area contributed by atoms with Crippen LogP contribution in [-0.2, 0) is 9.84 Å². The van der Waals surface area contributed by atoms with Gasteiger partial charge in [-0.3, -0.25) is 0 Å². The zero-order valence-electron chi connectivity index (χ0n) is 14.7. The molecule has 2 amide bonds. The molecule has 0 saturated heterocycles. The van der Waals surface area contributed by atoms with Crippen LogP contribution in [0.15, 0.2) is 46.7 Å². The Balaban J connectivity index is 2.22. The van der Waals surface area contributed by atoms with E-state index < -0.39 is 15.1 Å². The molecule has 2 aromatic rings. The van der Waals surface area contributed by atoms with Crippen molar-refractivity contribution in [3.8, 4) is 0 Å². The zero-order chi connectivity index (χ0) is 18.4. The first-order chi connectivity index (χ1) is 11.8. The molecule has 0 radical (unpaired) electrons. The molecular formula is C18H24N2O3S2. The number of hydrogen-bond acceptors (Lipinski definition) is 4. The lowest BCUT2D eigenvalue weighted by Crippen LogP contribution is -2.42. The SMILES string of the molecule is CCC(C)NC(=O)NCC(c1cccs1)S(=O)(=O)c1ccc(C)cc1. The van der Waals surface area contributed by atoms with Crippen LogP contribution in [0.1, 0.15) is 36.0 Å². The van der Waals surface area contributed by atoms with Crippen molar-refractivity contribution in [1.82, 2.24) is 10.6 Å². The van der Waals surface area contributed by atoms with E-state index in [0.29, 0.717) is 4.88 Å². The van der Waals surface area contributed by atoms with E-state index >= 15 is 0 Å². The molecule has 1 heterocycles. The number of benzene rings is 1. The predicted molar refractivity (Wildman–Crippen MR) is 102 cm³/mol. The molecule has 2 atom stereocenters. The molecule has 0 bridgehead atoms. The Morgan fingerprint density at radius 1 is 1.20 bits per heavy atom. The third-order valence-electron chi connectivity index (χ3n) is 4.02. The Kier molecular flexibility index (Phi) is 6.61. The van der Waals surface area contributed by atoms with E-state index in [1.807, 2.05) is 32.2 Å². The van der Waals surface area contributed by atoms with E-state index in [1.165, 1.54) is 11.3 Å². The summed E-state index contributed by atoms with van der Waals surface area (Å²) in [5.74, 6) is 0. The van der Waals surface area contributed by atoms with Gasteiger partial charge in [-0.25, -0.2) is 13.2 Å². The van der Waals surface area contributed by atoms with E-state index in [4.69, 9.17) is 0 Å². The van der Waals surface area contributed by atoms with E-state index in [9.17, 15) is 13.2 Å². The largest absolute Gasteiger partial charge is 0.336 e. The highest BCUT2D eigenvalue weighted by Crippen LogP contribution is 2.31. The van der Waals surface area contributed by atoms with Crippen molar-refractivity contribution in [3.63, 3.8) is 0 Å². The van der Waals surface area contributed by atoms with E-state index in [-0.39, 0.29) is 23.5 Å². The zero-order valence-corrected chi connectivity index (χ0v) is 16.3. The minimum Gasteiger partial charge on any atom is -0.336 e. The summed E-state index contributed by atoms with van der Waals surface area (Å²) >= 11 is 1.37. The topological polar surface area (TPSA) is 75.3 Å². The Labute approximate surface area is 153 Å². The molecule has 136 valence electrons. The lowest BCUT2D eigenvalue weighted by Gasteiger charge is -2.19. The average molecular weight is 381 g/mol. The Morgan fingerprint density at radius 2 is 1.88 bits per heavy atom. The van der Waals surface area contributed by atoms with Crippen LogP contribution >= 0.6 is 11.3 Å². The van der Waals surface area contributed by atoms with E-state index in [2.05, 4.69) is 10.6 Å². The molecule has 0 fully saturated rings. The minimum atomic E-state index is -3.60. The fourth-order valence-electron chi connectivity index (χ4n) is 2.29. The fraction of sp³-hybridized carbons (Fsp3) is 0.389. The summed E-state index contributed by atoms with van der Waals surface area (Å²) in [5.41, 5.74) is 0.998. The molecule has 5 nitrogen and oxygen atoms in total. The molecule has 7 heteroatoms. The maximum atomic E-state index is 13.1. The highest BCUT2D eigenvalue weighted by atomic mass is 32.2. The van der Waals surface area contributed by atoms with Gasteiger partial charge in [0, 0.05) is 17.5 Å². The summed E-state index contributed by atoms with van der Waals surface area (Å²) in [6, 6.07) is 10.1. The number of hydrogen-bond donors (Lipinski definition) is 2. The van der Waals surface area contributed by atoms with Gasteiger partial charge in [0.1, 0.15) is 5.25 Å². The Morgan fingerprint density at radius 3 is 2.44 bits per heavy atom. The summed E-state index contributed by atoms with van der Waals surface area (Å²) in [7, 11) is -3.60. The Hall–Kier alpha value is -1.86. The van der Waals surface area contributed by atoms with Crippen molar-refractivity contribution in [3.05, 3.63) is 52.2 Å². The lowest BCUT2D eigenvalue weighted by atomic mass is 10.2. The summed E-state index contributed by atoms with van der Waals surface area (Å²) < 4.78 is 26.1. The molecular weight excluding hydrogens is 356 g/mol. The highest BCUT2D eigenvalue weighted by Gasteiger charge is 2.30. The number of carbonyl (C=O) groups is 1. The van der Waals surface area contributed by atoms with Crippen LogP contribution in [0.25, 0.3) is 0 Å². The lowest BCUT2D eigenvalue weighted by molar-refractivity contribution is 0.237. The molecule has 0 aliphatic rings. The first-order valence-electron chi connectivity index (χ1n) is 8.23. The third-order valence-corrected chi connectivity index (χ3v) is 7.26. The number of amides is 2. The molecule has 2 N–H and O–H groups in total. The van der Waals surface area contributed by atoms with Crippen molar-refractivity contribution in [2.24, 2.45) is 0 Å². The van der Waals surface area contributed by atoms with Crippen LogP contribution in [0.3, 0.4) is 0 Å². The number of aryl methyl sites for hydroxylation is 1. The number of rotatable bonds is 7. The molecule has 2 unspecified atom stereocenters. The van der Waals surface area contributed by atoms with Crippen LogP contribution in [0, 0.1) is 6.92 Å². The van der Waals surface area contributed by atoms with Crippen LogP contribution in [0.4, 0.5) is 4.79 Å². The van der Waals surface area contributed by atoms with E-state index in [0.717, 1.165) is 12.0 Å². The van der Waals surface area contributed by atoms with Gasteiger partial charge >= 0.3 is 6.03 Å². The first kappa shape index (κ1) is 19.5. The van der Waals surface area contributed by atoms with Gasteiger partial charge in [0.05, 0.1) is 4.90 Å². The first-order valence-corrected chi connectivity index (χ1v) is 10.7. The maximum absolute atomic E-state index is 13.1. The van der Waals surface area contributed by atoms with Gasteiger partial charge in [0.15, 0.2) is 9.84 Å². The average Bonchev–Trinajstić information content (AvgIpc) is 3.09. The van der Waals surface area contributed by atoms with Gasteiger partial charge in [0.2, 0.25) is 0 Å². The van der Waals surface area contributed by atoms with Crippen molar-refractivity contribution >= 4 is 27.2 Å².